The molecule has 1 aliphatic heterocycles. The quantitative estimate of drug-likeness (QED) is 0.774. The number of nitrogens with zero attached hydrogens (tertiary/aromatic N) is 4. The summed E-state index contributed by atoms with van der Waals surface area (Å²) in [6, 6.07) is 12.5. The highest BCUT2D eigenvalue weighted by atomic mass is 16.5. The second kappa shape index (κ2) is 6.80. The standard InChI is InChI=1S/C19H23N5O/c1-13(2)19-21-18-9-8-15(12-24(18)22-19)20-11-16-10-17(23-25-16)14-6-4-3-5-7-14/h3-7,10,13,15,20H,8-9,11-12H2,1-2H3/t15-/m0/s1. The molecule has 0 aliphatic carbocycles. The number of aromatic nitrogens is 4. The highest BCUT2D eigenvalue weighted by Crippen LogP contribution is 2.20. The first-order valence-corrected chi connectivity index (χ1v) is 8.87. The van der Waals surface area contributed by atoms with Gasteiger partial charge in [0, 0.05) is 30.0 Å². The maximum Gasteiger partial charge on any atom is 0.153 e. The Morgan fingerprint density at radius 2 is 2.12 bits per heavy atom. The van der Waals surface area contributed by atoms with Crippen LogP contribution in [0.15, 0.2) is 40.9 Å². The van der Waals surface area contributed by atoms with Crippen LogP contribution in [-0.4, -0.2) is 26.0 Å². The van der Waals surface area contributed by atoms with Crippen LogP contribution in [-0.2, 0) is 19.5 Å². The fourth-order valence-electron chi connectivity index (χ4n) is 3.13. The highest BCUT2D eigenvalue weighted by Gasteiger charge is 2.22. The van der Waals surface area contributed by atoms with E-state index in [1.54, 1.807) is 0 Å². The van der Waals surface area contributed by atoms with Gasteiger partial charge in [-0.3, -0.25) is 0 Å². The summed E-state index contributed by atoms with van der Waals surface area (Å²) in [6.07, 6.45) is 2.03. The Labute approximate surface area is 147 Å². The van der Waals surface area contributed by atoms with Gasteiger partial charge in [-0.15, -0.1) is 0 Å². The topological polar surface area (TPSA) is 68.8 Å². The average Bonchev–Trinajstić information content (AvgIpc) is 3.27. The summed E-state index contributed by atoms with van der Waals surface area (Å²) < 4.78 is 7.52. The summed E-state index contributed by atoms with van der Waals surface area (Å²) in [5.74, 6) is 3.27. The number of benzene rings is 1. The van der Waals surface area contributed by atoms with Crippen molar-refractivity contribution in [3.8, 4) is 11.3 Å². The fraction of sp³-hybridized carbons (Fsp3) is 0.421. The van der Waals surface area contributed by atoms with Crippen molar-refractivity contribution in [1.29, 1.82) is 0 Å². The van der Waals surface area contributed by atoms with Crippen LogP contribution in [0, 0.1) is 0 Å². The van der Waals surface area contributed by atoms with E-state index in [1.807, 2.05) is 41.1 Å². The molecule has 1 atom stereocenters. The zero-order valence-corrected chi connectivity index (χ0v) is 14.6. The smallest absolute Gasteiger partial charge is 0.153 e. The van der Waals surface area contributed by atoms with Crippen LogP contribution in [0.5, 0.6) is 0 Å². The molecule has 1 N–H and O–H groups in total. The van der Waals surface area contributed by atoms with E-state index in [0.717, 1.165) is 48.1 Å². The number of aryl methyl sites for hydroxylation is 1. The largest absolute Gasteiger partial charge is 0.359 e. The monoisotopic (exact) mass is 337 g/mol. The first-order chi connectivity index (χ1) is 12.2. The number of hydrogen-bond acceptors (Lipinski definition) is 5. The van der Waals surface area contributed by atoms with Crippen LogP contribution in [0.4, 0.5) is 0 Å². The van der Waals surface area contributed by atoms with E-state index in [4.69, 9.17) is 4.52 Å². The number of hydrogen-bond donors (Lipinski definition) is 1. The lowest BCUT2D eigenvalue weighted by molar-refractivity contribution is 0.325. The van der Waals surface area contributed by atoms with E-state index < -0.39 is 0 Å². The Hall–Kier alpha value is -2.47. The molecule has 6 nitrogen and oxygen atoms in total. The highest BCUT2D eigenvalue weighted by molar-refractivity contribution is 5.58. The summed E-state index contributed by atoms with van der Waals surface area (Å²) >= 11 is 0. The van der Waals surface area contributed by atoms with E-state index in [2.05, 4.69) is 34.4 Å². The number of nitrogens with one attached hydrogen (secondary N) is 1. The maximum absolute atomic E-state index is 5.47. The van der Waals surface area contributed by atoms with Gasteiger partial charge in [-0.1, -0.05) is 49.3 Å². The molecule has 0 radical (unpaired) electrons. The van der Waals surface area contributed by atoms with E-state index in [0.29, 0.717) is 18.5 Å². The van der Waals surface area contributed by atoms with Gasteiger partial charge >= 0.3 is 0 Å². The molecule has 0 amide bonds. The predicted octanol–water partition coefficient (Wildman–Crippen LogP) is 3.16. The van der Waals surface area contributed by atoms with E-state index in [1.165, 1.54) is 0 Å². The van der Waals surface area contributed by atoms with Crippen LogP contribution >= 0.6 is 0 Å². The molecule has 130 valence electrons. The Balaban J connectivity index is 1.37. The van der Waals surface area contributed by atoms with Gasteiger partial charge in [0.2, 0.25) is 0 Å². The second-order valence-corrected chi connectivity index (χ2v) is 6.88. The van der Waals surface area contributed by atoms with E-state index >= 15 is 0 Å². The van der Waals surface area contributed by atoms with Gasteiger partial charge < -0.3 is 9.84 Å². The van der Waals surface area contributed by atoms with Gasteiger partial charge in [0.15, 0.2) is 11.6 Å². The van der Waals surface area contributed by atoms with Crippen molar-refractivity contribution in [3.05, 3.63) is 53.8 Å². The molecule has 0 bridgehead atoms. The van der Waals surface area contributed by atoms with Crippen molar-refractivity contribution in [2.75, 3.05) is 0 Å². The normalized spacial score (nSPS) is 17.0. The Kier molecular flexibility index (Phi) is 4.36. The molecule has 0 spiro atoms. The van der Waals surface area contributed by atoms with Gasteiger partial charge in [0.1, 0.15) is 11.5 Å². The first-order valence-electron chi connectivity index (χ1n) is 8.87. The molecule has 3 aromatic rings. The average molecular weight is 337 g/mol. The van der Waals surface area contributed by atoms with Gasteiger partial charge in [0.25, 0.3) is 0 Å². The molecule has 1 aliphatic rings. The van der Waals surface area contributed by atoms with Crippen LogP contribution in [0.3, 0.4) is 0 Å². The molecule has 3 heterocycles. The lowest BCUT2D eigenvalue weighted by Gasteiger charge is -2.23. The van der Waals surface area contributed by atoms with Gasteiger partial charge in [-0.05, 0) is 6.42 Å². The second-order valence-electron chi connectivity index (χ2n) is 6.88. The molecule has 4 rings (SSSR count). The first kappa shape index (κ1) is 16.0. The molecule has 0 unspecified atom stereocenters. The van der Waals surface area contributed by atoms with E-state index in [-0.39, 0.29) is 0 Å². The third kappa shape index (κ3) is 3.49. The molecular weight excluding hydrogens is 314 g/mol. The Morgan fingerprint density at radius 1 is 1.28 bits per heavy atom. The molecular formula is C19H23N5O. The van der Waals surface area contributed by atoms with Crippen LogP contribution in [0.25, 0.3) is 11.3 Å². The SMILES string of the molecule is CC(C)c1nc2n(n1)C[C@@H](NCc1cc(-c3ccccc3)no1)CC2. The van der Waals surface area contributed by atoms with Gasteiger partial charge in [-0.2, -0.15) is 5.10 Å². The molecule has 1 aromatic carbocycles. The van der Waals surface area contributed by atoms with Crippen LogP contribution in [0.2, 0.25) is 0 Å². The zero-order chi connectivity index (χ0) is 17.2. The Morgan fingerprint density at radius 3 is 2.92 bits per heavy atom. The number of fused-ring (bicyclic) bond motifs is 1. The van der Waals surface area contributed by atoms with E-state index in [9.17, 15) is 0 Å². The van der Waals surface area contributed by atoms with Crippen LogP contribution < -0.4 is 5.32 Å². The predicted molar refractivity (Wildman–Crippen MR) is 95.0 cm³/mol. The zero-order valence-electron chi connectivity index (χ0n) is 14.6. The van der Waals surface area contributed by atoms with Crippen LogP contribution in [0.1, 0.15) is 43.6 Å². The summed E-state index contributed by atoms with van der Waals surface area (Å²) in [5, 5.41) is 12.4. The minimum Gasteiger partial charge on any atom is -0.359 e. The maximum atomic E-state index is 5.47. The molecule has 6 heteroatoms. The van der Waals surface area contributed by atoms with Gasteiger partial charge in [-0.25, -0.2) is 9.67 Å². The molecule has 0 fully saturated rings. The minimum absolute atomic E-state index is 0.370. The van der Waals surface area contributed by atoms with Crippen molar-refractivity contribution in [2.24, 2.45) is 0 Å². The summed E-state index contributed by atoms with van der Waals surface area (Å²) in [4.78, 5) is 4.64. The Bertz CT molecular complexity index is 837. The van der Waals surface area contributed by atoms with Crippen molar-refractivity contribution in [2.45, 2.75) is 51.7 Å². The van der Waals surface area contributed by atoms with Crippen molar-refractivity contribution in [1.82, 2.24) is 25.2 Å². The molecule has 2 aromatic heterocycles. The van der Waals surface area contributed by atoms with Crippen molar-refractivity contribution >= 4 is 0 Å². The summed E-state index contributed by atoms with van der Waals surface area (Å²) in [5.41, 5.74) is 1.95. The molecule has 25 heavy (non-hydrogen) atoms. The molecule has 0 saturated heterocycles. The number of rotatable bonds is 5. The molecule has 0 saturated carbocycles. The third-order valence-corrected chi connectivity index (χ3v) is 4.58. The fourth-order valence-corrected chi connectivity index (χ4v) is 3.13. The summed E-state index contributed by atoms with van der Waals surface area (Å²) in [6.45, 7) is 5.79. The van der Waals surface area contributed by atoms with Gasteiger partial charge in [0.05, 0.1) is 13.1 Å². The van der Waals surface area contributed by atoms with Crippen molar-refractivity contribution in [3.63, 3.8) is 0 Å². The lowest BCUT2D eigenvalue weighted by Crippen LogP contribution is -2.37. The summed E-state index contributed by atoms with van der Waals surface area (Å²) in [7, 11) is 0. The minimum atomic E-state index is 0.370. The lowest BCUT2D eigenvalue weighted by atomic mass is 10.1. The van der Waals surface area contributed by atoms with Crippen molar-refractivity contribution < 1.29 is 4.52 Å². The third-order valence-electron chi connectivity index (χ3n) is 4.58.